The Labute approximate surface area is 114 Å². The van der Waals surface area contributed by atoms with Crippen molar-refractivity contribution in [2.24, 2.45) is 0 Å². The molecule has 5 heteroatoms. The van der Waals surface area contributed by atoms with Crippen molar-refractivity contribution in [3.63, 3.8) is 0 Å². The number of fused-ring (bicyclic) bond motifs is 1. The molecule has 3 rings (SSSR count). The van der Waals surface area contributed by atoms with Gasteiger partial charge in [0, 0.05) is 28.6 Å². The Balaban J connectivity index is 1.83. The number of amides is 1. The summed E-state index contributed by atoms with van der Waals surface area (Å²) in [5.74, 6) is 0.138. The molecule has 1 fully saturated rings. The van der Waals surface area contributed by atoms with E-state index in [-0.39, 0.29) is 18.6 Å². The number of hydrogen-bond acceptors (Lipinski definition) is 4. The highest BCUT2D eigenvalue weighted by atomic mass is 32.1. The van der Waals surface area contributed by atoms with Crippen LogP contribution in [-0.4, -0.2) is 35.1 Å². The lowest BCUT2D eigenvalue weighted by Crippen LogP contribution is -2.35. The standard InChI is InChI=1S/C13H15NO2S2/c15-6-3-9-2-1-5-14(9)13(16)12-8-11-10(18-12)4-7-17-11/h4,7-9,15H,1-3,5-6H2. The number of hydrogen-bond donors (Lipinski definition) is 1. The van der Waals surface area contributed by atoms with E-state index in [9.17, 15) is 4.79 Å². The van der Waals surface area contributed by atoms with Gasteiger partial charge in [-0.05, 0) is 36.8 Å². The molecule has 1 aliphatic rings. The molecule has 0 saturated carbocycles. The second-order valence-corrected chi connectivity index (χ2v) is 6.60. The maximum absolute atomic E-state index is 12.5. The van der Waals surface area contributed by atoms with Crippen LogP contribution in [0.3, 0.4) is 0 Å². The molecule has 18 heavy (non-hydrogen) atoms. The molecule has 0 aromatic carbocycles. The largest absolute Gasteiger partial charge is 0.396 e. The van der Waals surface area contributed by atoms with Crippen molar-refractivity contribution in [2.45, 2.75) is 25.3 Å². The summed E-state index contributed by atoms with van der Waals surface area (Å²) in [6.07, 6.45) is 2.77. The molecule has 0 spiro atoms. The minimum absolute atomic E-state index is 0.138. The molecule has 2 aromatic heterocycles. The third-order valence-electron chi connectivity index (χ3n) is 3.45. The van der Waals surface area contributed by atoms with Gasteiger partial charge in [-0.2, -0.15) is 0 Å². The van der Waals surface area contributed by atoms with Gasteiger partial charge >= 0.3 is 0 Å². The Morgan fingerprint density at radius 1 is 1.50 bits per heavy atom. The van der Waals surface area contributed by atoms with Crippen molar-refractivity contribution >= 4 is 38.0 Å². The maximum Gasteiger partial charge on any atom is 0.264 e. The number of likely N-dealkylation sites (tertiary alicyclic amines) is 1. The van der Waals surface area contributed by atoms with Gasteiger partial charge in [-0.3, -0.25) is 4.79 Å². The maximum atomic E-state index is 12.5. The normalized spacial score (nSPS) is 19.8. The van der Waals surface area contributed by atoms with Crippen LogP contribution in [0.4, 0.5) is 0 Å². The van der Waals surface area contributed by atoms with Gasteiger partial charge in [0.1, 0.15) is 0 Å². The number of thiophene rings is 2. The van der Waals surface area contributed by atoms with E-state index in [0.717, 1.165) is 24.3 Å². The lowest BCUT2D eigenvalue weighted by Gasteiger charge is -2.23. The van der Waals surface area contributed by atoms with E-state index in [0.29, 0.717) is 6.42 Å². The fraction of sp³-hybridized carbons (Fsp3) is 0.462. The highest BCUT2D eigenvalue weighted by Crippen LogP contribution is 2.32. The van der Waals surface area contributed by atoms with Crippen LogP contribution in [0.25, 0.3) is 9.40 Å². The van der Waals surface area contributed by atoms with E-state index in [1.54, 1.807) is 22.7 Å². The fourth-order valence-corrected chi connectivity index (χ4v) is 4.63. The van der Waals surface area contributed by atoms with E-state index in [4.69, 9.17) is 5.11 Å². The van der Waals surface area contributed by atoms with Crippen LogP contribution in [0.2, 0.25) is 0 Å². The highest BCUT2D eigenvalue weighted by molar-refractivity contribution is 7.27. The lowest BCUT2D eigenvalue weighted by molar-refractivity contribution is 0.0721. The van der Waals surface area contributed by atoms with Crippen molar-refractivity contribution in [2.75, 3.05) is 13.2 Å². The first-order valence-electron chi connectivity index (χ1n) is 6.18. The molecular formula is C13H15NO2S2. The van der Waals surface area contributed by atoms with E-state index < -0.39 is 0 Å². The van der Waals surface area contributed by atoms with Crippen LogP contribution < -0.4 is 0 Å². The van der Waals surface area contributed by atoms with E-state index in [2.05, 4.69) is 11.4 Å². The van der Waals surface area contributed by atoms with Crippen LogP contribution in [0.5, 0.6) is 0 Å². The topological polar surface area (TPSA) is 40.5 Å². The molecule has 1 N–H and O–H groups in total. The molecule has 0 radical (unpaired) electrons. The van der Waals surface area contributed by atoms with Gasteiger partial charge in [0.2, 0.25) is 0 Å². The predicted octanol–water partition coefficient (Wildman–Crippen LogP) is 2.95. The first-order valence-corrected chi connectivity index (χ1v) is 7.88. The monoisotopic (exact) mass is 281 g/mol. The SMILES string of the molecule is O=C(c1cc2sccc2s1)N1CCCC1CCO. The number of carbonyl (C=O) groups is 1. The van der Waals surface area contributed by atoms with Gasteiger partial charge in [0.15, 0.2) is 0 Å². The highest BCUT2D eigenvalue weighted by Gasteiger charge is 2.29. The van der Waals surface area contributed by atoms with E-state index in [1.165, 1.54) is 9.40 Å². The number of rotatable bonds is 3. The van der Waals surface area contributed by atoms with Crippen LogP contribution in [0.1, 0.15) is 28.9 Å². The molecule has 0 bridgehead atoms. The summed E-state index contributed by atoms with van der Waals surface area (Å²) in [5.41, 5.74) is 0. The summed E-state index contributed by atoms with van der Waals surface area (Å²) in [5, 5.41) is 11.1. The van der Waals surface area contributed by atoms with Crippen molar-refractivity contribution in [1.29, 1.82) is 0 Å². The van der Waals surface area contributed by atoms with Gasteiger partial charge < -0.3 is 10.0 Å². The van der Waals surface area contributed by atoms with Crippen molar-refractivity contribution in [3.05, 3.63) is 22.4 Å². The Morgan fingerprint density at radius 3 is 3.17 bits per heavy atom. The number of carbonyl (C=O) groups excluding carboxylic acids is 1. The van der Waals surface area contributed by atoms with Crippen LogP contribution in [0, 0.1) is 0 Å². The van der Waals surface area contributed by atoms with Gasteiger partial charge in [0.25, 0.3) is 5.91 Å². The lowest BCUT2D eigenvalue weighted by atomic mass is 10.1. The first-order chi connectivity index (χ1) is 8.79. The summed E-state index contributed by atoms with van der Waals surface area (Å²) < 4.78 is 2.39. The summed E-state index contributed by atoms with van der Waals surface area (Å²) in [6.45, 7) is 0.989. The zero-order chi connectivity index (χ0) is 12.5. The zero-order valence-corrected chi connectivity index (χ0v) is 11.6. The van der Waals surface area contributed by atoms with Gasteiger partial charge in [-0.15, -0.1) is 22.7 Å². The molecule has 1 saturated heterocycles. The van der Waals surface area contributed by atoms with E-state index in [1.807, 2.05) is 11.0 Å². The summed E-state index contributed by atoms with van der Waals surface area (Å²) in [6, 6.07) is 4.29. The summed E-state index contributed by atoms with van der Waals surface area (Å²) in [7, 11) is 0. The molecule has 3 heterocycles. The Bertz CT molecular complexity index is 532. The minimum atomic E-state index is 0.138. The summed E-state index contributed by atoms with van der Waals surface area (Å²) in [4.78, 5) is 15.2. The number of nitrogens with zero attached hydrogens (tertiary/aromatic N) is 1. The molecule has 0 aliphatic carbocycles. The van der Waals surface area contributed by atoms with Crippen LogP contribution in [0.15, 0.2) is 17.5 Å². The van der Waals surface area contributed by atoms with Crippen molar-refractivity contribution in [3.8, 4) is 0 Å². The minimum Gasteiger partial charge on any atom is -0.396 e. The molecule has 96 valence electrons. The fourth-order valence-electron chi connectivity index (χ4n) is 2.56. The van der Waals surface area contributed by atoms with Gasteiger partial charge in [-0.1, -0.05) is 0 Å². The van der Waals surface area contributed by atoms with Crippen molar-refractivity contribution < 1.29 is 9.90 Å². The average molecular weight is 281 g/mol. The Morgan fingerprint density at radius 2 is 2.39 bits per heavy atom. The first kappa shape index (κ1) is 12.1. The summed E-state index contributed by atoms with van der Waals surface area (Å²) >= 11 is 3.25. The number of aliphatic hydroxyl groups is 1. The van der Waals surface area contributed by atoms with Crippen molar-refractivity contribution in [1.82, 2.24) is 4.90 Å². The molecule has 3 nitrogen and oxygen atoms in total. The van der Waals surface area contributed by atoms with Crippen LogP contribution in [-0.2, 0) is 0 Å². The zero-order valence-electron chi connectivity index (χ0n) is 9.96. The molecule has 2 aromatic rings. The quantitative estimate of drug-likeness (QED) is 0.939. The molecule has 1 amide bonds. The molecule has 1 unspecified atom stereocenters. The number of aliphatic hydroxyl groups excluding tert-OH is 1. The Hall–Kier alpha value is -0.910. The van der Waals surface area contributed by atoms with Crippen LogP contribution >= 0.6 is 22.7 Å². The molecule has 1 aliphatic heterocycles. The second kappa shape index (κ2) is 4.99. The predicted molar refractivity (Wildman–Crippen MR) is 75.5 cm³/mol. The third kappa shape index (κ3) is 2.06. The molecule has 1 atom stereocenters. The average Bonchev–Trinajstić information content (AvgIpc) is 3.02. The second-order valence-electron chi connectivity index (χ2n) is 4.57. The molecular weight excluding hydrogens is 266 g/mol. The Kier molecular flexibility index (Phi) is 3.37. The smallest absolute Gasteiger partial charge is 0.264 e. The van der Waals surface area contributed by atoms with E-state index >= 15 is 0 Å². The van der Waals surface area contributed by atoms with Gasteiger partial charge in [-0.25, -0.2) is 0 Å². The van der Waals surface area contributed by atoms with Gasteiger partial charge in [0.05, 0.1) is 4.88 Å². The third-order valence-corrected chi connectivity index (χ3v) is 5.53.